The van der Waals surface area contributed by atoms with Crippen LogP contribution >= 0.6 is 0 Å². The predicted octanol–water partition coefficient (Wildman–Crippen LogP) is -1.38. The van der Waals surface area contributed by atoms with Gasteiger partial charge in [-0.3, -0.25) is 14.5 Å². The number of amides is 2. The first-order valence-corrected chi connectivity index (χ1v) is 6.12. The molecule has 0 aromatic rings. The zero-order valence-corrected chi connectivity index (χ0v) is 10.4. The highest BCUT2D eigenvalue weighted by Crippen LogP contribution is 1.98. The van der Waals surface area contributed by atoms with Crippen LogP contribution < -0.4 is 11.1 Å². The highest BCUT2D eigenvalue weighted by molar-refractivity contribution is 5.80. The van der Waals surface area contributed by atoms with Gasteiger partial charge in [0.15, 0.2) is 0 Å². The molecule has 1 aliphatic rings. The second kappa shape index (κ2) is 7.24. The van der Waals surface area contributed by atoms with E-state index in [1.54, 1.807) is 4.90 Å². The van der Waals surface area contributed by atoms with Crippen molar-refractivity contribution in [2.45, 2.75) is 13.3 Å². The van der Waals surface area contributed by atoms with Crippen molar-refractivity contribution in [1.29, 1.82) is 0 Å². The number of hydrogen-bond acceptors (Lipinski definition) is 4. The Morgan fingerprint density at radius 2 is 2.06 bits per heavy atom. The number of nitrogens with two attached hydrogens (primary N) is 1. The third-order valence-corrected chi connectivity index (χ3v) is 2.88. The molecule has 6 nitrogen and oxygen atoms in total. The van der Waals surface area contributed by atoms with E-state index in [0.29, 0.717) is 6.54 Å². The van der Waals surface area contributed by atoms with E-state index in [-0.39, 0.29) is 19.0 Å². The van der Waals surface area contributed by atoms with E-state index in [1.807, 2.05) is 11.8 Å². The van der Waals surface area contributed by atoms with Crippen LogP contribution in [0.1, 0.15) is 13.3 Å². The molecule has 0 aliphatic carbocycles. The van der Waals surface area contributed by atoms with Crippen molar-refractivity contribution in [2.75, 3.05) is 45.8 Å². The lowest BCUT2D eigenvalue weighted by Crippen LogP contribution is -2.44. The first-order valence-electron chi connectivity index (χ1n) is 6.12. The average molecular weight is 242 g/mol. The van der Waals surface area contributed by atoms with Gasteiger partial charge in [0, 0.05) is 19.6 Å². The predicted molar refractivity (Wildman–Crippen MR) is 65.4 cm³/mol. The standard InChI is InChI=1S/C11H22N4O2/c1-2-14(8-10(12)16)9-11(17)15-6-3-4-13-5-7-15/h13H,2-9H2,1H3,(H2,12,16). The Morgan fingerprint density at radius 3 is 2.71 bits per heavy atom. The zero-order valence-electron chi connectivity index (χ0n) is 10.4. The minimum Gasteiger partial charge on any atom is -0.369 e. The second-order valence-electron chi connectivity index (χ2n) is 4.25. The number of nitrogens with one attached hydrogen (secondary N) is 1. The first kappa shape index (κ1) is 13.9. The molecule has 1 aliphatic heterocycles. The number of rotatable bonds is 5. The minimum absolute atomic E-state index is 0.0804. The number of primary amides is 1. The molecule has 1 saturated heterocycles. The summed E-state index contributed by atoms with van der Waals surface area (Å²) in [6.07, 6.45) is 0.980. The lowest BCUT2D eigenvalue weighted by atomic mass is 10.3. The molecule has 0 unspecified atom stereocenters. The molecule has 1 heterocycles. The third kappa shape index (κ3) is 5.14. The van der Waals surface area contributed by atoms with Crippen molar-refractivity contribution in [3.05, 3.63) is 0 Å². The lowest BCUT2D eigenvalue weighted by Gasteiger charge is -2.24. The number of carbonyl (C=O) groups is 2. The maximum Gasteiger partial charge on any atom is 0.236 e. The van der Waals surface area contributed by atoms with Crippen molar-refractivity contribution in [3.8, 4) is 0 Å². The van der Waals surface area contributed by atoms with E-state index in [9.17, 15) is 9.59 Å². The SMILES string of the molecule is CCN(CC(N)=O)CC(=O)N1CCCNCC1. The highest BCUT2D eigenvalue weighted by Gasteiger charge is 2.18. The molecule has 0 spiro atoms. The number of nitrogens with zero attached hydrogens (tertiary/aromatic N) is 2. The van der Waals surface area contributed by atoms with Crippen molar-refractivity contribution in [1.82, 2.24) is 15.1 Å². The lowest BCUT2D eigenvalue weighted by molar-refractivity contribution is -0.132. The van der Waals surface area contributed by atoms with Gasteiger partial charge in [-0.2, -0.15) is 0 Å². The molecule has 0 saturated carbocycles. The van der Waals surface area contributed by atoms with Crippen LogP contribution in [0.3, 0.4) is 0 Å². The van der Waals surface area contributed by atoms with Gasteiger partial charge >= 0.3 is 0 Å². The summed E-state index contributed by atoms with van der Waals surface area (Å²) in [6, 6.07) is 0. The van der Waals surface area contributed by atoms with E-state index < -0.39 is 5.91 Å². The normalized spacial score (nSPS) is 16.9. The van der Waals surface area contributed by atoms with Gasteiger partial charge in [0.2, 0.25) is 11.8 Å². The van der Waals surface area contributed by atoms with Crippen LogP contribution in [0.2, 0.25) is 0 Å². The molecule has 0 bridgehead atoms. The average Bonchev–Trinajstić information content (AvgIpc) is 2.55. The van der Waals surface area contributed by atoms with Gasteiger partial charge in [-0.1, -0.05) is 6.92 Å². The Bertz CT molecular complexity index is 262. The quantitative estimate of drug-likeness (QED) is 0.622. The Labute approximate surface area is 102 Å². The molecule has 1 rings (SSSR count). The summed E-state index contributed by atoms with van der Waals surface area (Å²) < 4.78 is 0. The number of likely N-dealkylation sites (N-methyl/N-ethyl adjacent to an activating group) is 1. The molecule has 6 heteroatoms. The summed E-state index contributed by atoms with van der Waals surface area (Å²) in [6.45, 7) is 6.33. The molecule has 0 atom stereocenters. The van der Waals surface area contributed by atoms with Gasteiger partial charge in [-0.25, -0.2) is 0 Å². The first-order chi connectivity index (χ1) is 8.13. The summed E-state index contributed by atoms with van der Waals surface area (Å²) in [5.74, 6) is -0.311. The Hall–Kier alpha value is -1.14. The molecule has 1 fully saturated rings. The molecule has 17 heavy (non-hydrogen) atoms. The van der Waals surface area contributed by atoms with Crippen molar-refractivity contribution < 1.29 is 9.59 Å². The molecule has 0 aromatic carbocycles. The summed E-state index contributed by atoms with van der Waals surface area (Å²) >= 11 is 0. The molecule has 0 aromatic heterocycles. The van der Waals surface area contributed by atoms with Crippen LogP contribution in [0.5, 0.6) is 0 Å². The van der Waals surface area contributed by atoms with Gasteiger partial charge in [-0.05, 0) is 19.5 Å². The Morgan fingerprint density at radius 1 is 1.29 bits per heavy atom. The number of hydrogen-bond donors (Lipinski definition) is 2. The van der Waals surface area contributed by atoms with Crippen LogP contribution in [-0.4, -0.2) is 67.4 Å². The minimum atomic E-state index is -0.391. The van der Waals surface area contributed by atoms with Crippen LogP contribution in [-0.2, 0) is 9.59 Å². The fourth-order valence-corrected chi connectivity index (χ4v) is 1.89. The van der Waals surface area contributed by atoms with E-state index >= 15 is 0 Å². The zero-order chi connectivity index (χ0) is 12.7. The van der Waals surface area contributed by atoms with E-state index in [4.69, 9.17) is 5.73 Å². The Kier molecular flexibility index (Phi) is 5.93. The summed E-state index contributed by atoms with van der Waals surface area (Å²) in [5, 5.41) is 3.25. The van der Waals surface area contributed by atoms with Gasteiger partial charge in [0.05, 0.1) is 13.1 Å². The van der Waals surface area contributed by atoms with Crippen molar-refractivity contribution in [3.63, 3.8) is 0 Å². The summed E-state index contributed by atoms with van der Waals surface area (Å²) in [7, 11) is 0. The molecular formula is C11H22N4O2. The van der Waals surface area contributed by atoms with Gasteiger partial charge in [0.1, 0.15) is 0 Å². The van der Waals surface area contributed by atoms with E-state index in [0.717, 1.165) is 32.6 Å². The third-order valence-electron chi connectivity index (χ3n) is 2.88. The van der Waals surface area contributed by atoms with Gasteiger partial charge in [0.25, 0.3) is 0 Å². The molecule has 98 valence electrons. The van der Waals surface area contributed by atoms with E-state index in [1.165, 1.54) is 0 Å². The smallest absolute Gasteiger partial charge is 0.236 e. The van der Waals surface area contributed by atoms with Crippen LogP contribution in [0.25, 0.3) is 0 Å². The summed E-state index contributed by atoms with van der Waals surface area (Å²) in [4.78, 5) is 26.5. The van der Waals surface area contributed by atoms with Crippen molar-refractivity contribution in [2.24, 2.45) is 5.73 Å². The number of carbonyl (C=O) groups excluding carboxylic acids is 2. The molecule has 0 radical (unpaired) electrons. The van der Waals surface area contributed by atoms with E-state index in [2.05, 4.69) is 5.32 Å². The molecule has 2 amide bonds. The molecule has 3 N–H and O–H groups in total. The van der Waals surface area contributed by atoms with Gasteiger partial charge < -0.3 is 16.0 Å². The second-order valence-corrected chi connectivity index (χ2v) is 4.25. The maximum atomic E-state index is 12.0. The fraction of sp³-hybridized carbons (Fsp3) is 0.818. The summed E-state index contributed by atoms with van der Waals surface area (Å²) in [5.41, 5.74) is 5.13. The van der Waals surface area contributed by atoms with Crippen LogP contribution in [0.4, 0.5) is 0 Å². The Balaban J connectivity index is 2.42. The van der Waals surface area contributed by atoms with Gasteiger partial charge in [-0.15, -0.1) is 0 Å². The van der Waals surface area contributed by atoms with Crippen LogP contribution in [0, 0.1) is 0 Å². The van der Waals surface area contributed by atoms with Crippen LogP contribution in [0.15, 0.2) is 0 Å². The maximum absolute atomic E-state index is 12.0. The highest BCUT2D eigenvalue weighted by atomic mass is 16.2. The topological polar surface area (TPSA) is 78.7 Å². The molecular weight excluding hydrogens is 220 g/mol. The largest absolute Gasteiger partial charge is 0.369 e. The van der Waals surface area contributed by atoms with Crippen molar-refractivity contribution >= 4 is 11.8 Å². The fourth-order valence-electron chi connectivity index (χ4n) is 1.89. The monoisotopic (exact) mass is 242 g/mol.